The van der Waals surface area contributed by atoms with Gasteiger partial charge in [0.1, 0.15) is 5.75 Å². The number of halogens is 3. The van der Waals surface area contributed by atoms with Crippen LogP contribution >= 0.6 is 34.8 Å². The lowest BCUT2D eigenvalue weighted by Gasteiger charge is -2.26. The second-order valence-electron chi connectivity index (χ2n) is 6.07. The Labute approximate surface area is 183 Å². The molecule has 1 aliphatic heterocycles. The molecule has 156 valence electrons. The Bertz CT molecular complexity index is 1010. The second kappa shape index (κ2) is 9.51. The first-order chi connectivity index (χ1) is 13.8. The third-order valence-electron chi connectivity index (χ3n) is 4.07. The summed E-state index contributed by atoms with van der Waals surface area (Å²) < 4.78 is 37.4. The van der Waals surface area contributed by atoms with Crippen LogP contribution in [0, 0.1) is 0 Å². The average Bonchev–Trinajstić information content (AvgIpc) is 2.71. The number of hydrogen-bond donors (Lipinski definition) is 1. The van der Waals surface area contributed by atoms with E-state index in [0.717, 1.165) is 0 Å². The van der Waals surface area contributed by atoms with Gasteiger partial charge in [0.05, 0.1) is 33.8 Å². The predicted molar refractivity (Wildman–Crippen MR) is 112 cm³/mol. The summed E-state index contributed by atoms with van der Waals surface area (Å²) in [4.78, 5) is 12.3. The van der Waals surface area contributed by atoms with Crippen LogP contribution in [0.25, 0.3) is 0 Å². The minimum Gasteiger partial charge on any atom is -0.482 e. The van der Waals surface area contributed by atoms with Crippen LogP contribution in [-0.2, 0) is 19.6 Å². The van der Waals surface area contributed by atoms with Gasteiger partial charge in [-0.3, -0.25) is 4.79 Å². The third-order valence-corrected chi connectivity index (χ3v) is 6.84. The molecule has 11 heteroatoms. The number of nitrogens with zero attached hydrogens (tertiary/aromatic N) is 1. The Kier molecular flexibility index (Phi) is 7.26. The summed E-state index contributed by atoms with van der Waals surface area (Å²) in [5.74, 6) is -0.284. The lowest BCUT2D eigenvalue weighted by Crippen LogP contribution is -2.40. The van der Waals surface area contributed by atoms with E-state index in [-0.39, 0.29) is 41.1 Å². The molecule has 29 heavy (non-hydrogen) atoms. The van der Waals surface area contributed by atoms with Gasteiger partial charge in [-0.05, 0) is 30.3 Å². The van der Waals surface area contributed by atoms with Crippen molar-refractivity contribution in [3.05, 3.63) is 51.5 Å². The van der Waals surface area contributed by atoms with Crippen molar-refractivity contribution in [2.75, 3.05) is 38.2 Å². The number of hydrogen-bond acceptors (Lipinski definition) is 5. The van der Waals surface area contributed by atoms with E-state index in [4.69, 9.17) is 44.3 Å². The van der Waals surface area contributed by atoms with Crippen LogP contribution in [0.3, 0.4) is 0 Å². The van der Waals surface area contributed by atoms with Gasteiger partial charge in [0.15, 0.2) is 6.61 Å². The van der Waals surface area contributed by atoms with E-state index in [0.29, 0.717) is 23.3 Å². The molecule has 0 atom stereocenters. The molecule has 0 saturated carbocycles. The summed E-state index contributed by atoms with van der Waals surface area (Å²) >= 11 is 18.0. The summed E-state index contributed by atoms with van der Waals surface area (Å²) in [6.07, 6.45) is 0. The SMILES string of the molecule is O=C(COc1cc(Cl)ccc1Cl)Nc1cc(S(=O)(=O)N2CCOCC2)ccc1Cl. The molecule has 0 radical (unpaired) electrons. The van der Waals surface area contributed by atoms with Crippen LogP contribution in [0.4, 0.5) is 5.69 Å². The average molecular weight is 480 g/mol. The number of anilines is 1. The molecule has 2 aromatic rings. The smallest absolute Gasteiger partial charge is 0.262 e. The standard InChI is InChI=1S/C18H17Cl3N2O5S/c19-12-1-3-15(21)17(9-12)28-11-18(24)22-16-10-13(2-4-14(16)20)29(25,26)23-5-7-27-8-6-23/h1-4,9-10H,5-8,11H2,(H,22,24). The summed E-state index contributed by atoms with van der Waals surface area (Å²) in [5.41, 5.74) is 0.159. The van der Waals surface area contributed by atoms with Crippen molar-refractivity contribution in [2.24, 2.45) is 0 Å². The zero-order chi connectivity index (χ0) is 21.0. The van der Waals surface area contributed by atoms with Crippen LogP contribution in [0.15, 0.2) is 41.3 Å². The van der Waals surface area contributed by atoms with Crippen molar-refractivity contribution < 1.29 is 22.7 Å². The van der Waals surface area contributed by atoms with E-state index in [1.165, 1.54) is 28.6 Å². The maximum Gasteiger partial charge on any atom is 0.262 e. The molecular weight excluding hydrogens is 463 g/mol. The van der Waals surface area contributed by atoms with Gasteiger partial charge in [0.2, 0.25) is 10.0 Å². The van der Waals surface area contributed by atoms with Crippen LogP contribution in [0.2, 0.25) is 15.1 Å². The van der Waals surface area contributed by atoms with Crippen molar-refractivity contribution in [2.45, 2.75) is 4.90 Å². The van der Waals surface area contributed by atoms with E-state index in [9.17, 15) is 13.2 Å². The normalized spacial score (nSPS) is 15.1. The predicted octanol–water partition coefficient (Wildman–Crippen LogP) is 3.69. The van der Waals surface area contributed by atoms with Crippen molar-refractivity contribution in [1.29, 1.82) is 0 Å². The molecule has 7 nitrogen and oxygen atoms in total. The van der Waals surface area contributed by atoms with Crippen LogP contribution in [0.1, 0.15) is 0 Å². The molecule has 2 aromatic carbocycles. The Morgan fingerprint density at radius 1 is 1.07 bits per heavy atom. The van der Waals surface area contributed by atoms with Crippen molar-refractivity contribution in [1.82, 2.24) is 4.31 Å². The first-order valence-electron chi connectivity index (χ1n) is 8.52. The Balaban J connectivity index is 1.71. The fraction of sp³-hybridized carbons (Fsp3) is 0.278. The Morgan fingerprint density at radius 2 is 1.76 bits per heavy atom. The number of morpholine rings is 1. The second-order valence-corrected chi connectivity index (χ2v) is 9.26. The maximum absolute atomic E-state index is 12.8. The third kappa shape index (κ3) is 5.53. The number of rotatable bonds is 6. The first-order valence-corrected chi connectivity index (χ1v) is 11.1. The number of sulfonamides is 1. The number of carbonyl (C=O) groups is 1. The van der Waals surface area contributed by atoms with Gasteiger partial charge < -0.3 is 14.8 Å². The first kappa shape index (κ1) is 22.1. The molecule has 0 aliphatic carbocycles. The molecule has 0 bridgehead atoms. The lowest BCUT2D eigenvalue weighted by atomic mass is 10.3. The summed E-state index contributed by atoms with van der Waals surface area (Å²) in [7, 11) is -3.72. The summed E-state index contributed by atoms with van der Waals surface area (Å²) in [6.45, 7) is 0.832. The molecule has 0 spiro atoms. The van der Waals surface area contributed by atoms with Gasteiger partial charge in [-0.2, -0.15) is 4.31 Å². The van der Waals surface area contributed by atoms with Gasteiger partial charge in [-0.15, -0.1) is 0 Å². The van der Waals surface area contributed by atoms with E-state index in [1.54, 1.807) is 12.1 Å². The monoisotopic (exact) mass is 478 g/mol. The number of carbonyl (C=O) groups excluding carboxylic acids is 1. The fourth-order valence-corrected chi connectivity index (χ4v) is 4.55. The molecule has 1 amide bonds. The topological polar surface area (TPSA) is 84.9 Å². The van der Waals surface area contributed by atoms with E-state index < -0.39 is 15.9 Å². The molecule has 0 unspecified atom stereocenters. The molecule has 1 saturated heterocycles. The Morgan fingerprint density at radius 3 is 2.48 bits per heavy atom. The van der Waals surface area contributed by atoms with Crippen LogP contribution in [-0.4, -0.2) is 51.5 Å². The highest BCUT2D eigenvalue weighted by atomic mass is 35.5. The van der Waals surface area contributed by atoms with Crippen molar-refractivity contribution >= 4 is 56.4 Å². The molecule has 1 N–H and O–H groups in total. The molecule has 1 fully saturated rings. The fourth-order valence-electron chi connectivity index (χ4n) is 2.61. The van der Waals surface area contributed by atoms with E-state index >= 15 is 0 Å². The van der Waals surface area contributed by atoms with Crippen LogP contribution < -0.4 is 10.1 Å². The zero-order valence-electron chi connectivity index (χ0n) is 15.0. The zero-order valence-corrected chi connectivity index (χ0v) is 18.1. The van der Waals surface area contributed by atoms with E-state index in [1.807, 2.05) is 0 Å². The maximum atomic E-state index is 12.8. The Hall–Kier alpha value is -1.55. The lowest BCUT2D eigenvalue weighted by molar-refractivity contribution is -0.118. The molecule has 1 heterocycles. The molecule has 3 rings (SSSR count). The highest BCUT2D eigenvalue weighted by Gasteiger charge is 2.27. The number of benzene rings is 2. The highest BCUT2D eigenvalue weighted by molar-refractivity contribution is 7.89. The number of nitrogens with one attached hydrogen (secondary N) is 1. The summed E-state index contributed by atoms with van der Waals surface area (Å²) in [5, 5.41) is 3.46. The van der Waals surface area contributed by atoms with Gasteiger partial charge in [-0.25, -0.2) is 8.42 Å². The number of ether oxygens (including phenoxy) is 2. The van der Waals surface area contributed by atoms with Gasteiger partial charge >= 0.3 is 0 Å². The molecule has 0 aromatic heterocycles. The minimum absolute atomic E-state index is 0.0258. The van der Waals surface area contributed by atoms with Crippen molar-refractivity contribution in [3.63, 3.8) is 0 Å². The highest BCUT2D eigenvalue weighted by Crippen LogP contribution is 2.29. The molecule has 1 aliphatic rings. The van der Waals surface area contributed by atoms with Gasteiger partial charge in [0.25, 0.3) is 5.91 Å². The van der Waals surface area contributed by atoms with Gasteiger partial charge in [0, 0.05) is 24.2 Å². The van der Waals surface area contributed by atoms with Crippen molar-refractivity contribution in [3.8, 4) is 5.75 Å². The largest absolute Gasteiger partial charge is 0.482 e. The quantitative estimate of drug-likeness (QED) is 0.683. The number of amides is 1. The summed E-state index contributed by atoms with van der Waals surface area (Å²) in [6, 6.07) is 8.76. The molecular formula is C18H17Cl3N2O5S. The van der Waals surface area contributed by atoms with E-state index in [2.05, 4.69) is 5.32 Å². The van der Waals surface area contributed by atoms with Gasteiger partial charge in [-0.1, -0.05) is 34.8 Å². The van der Waals surface area contributed by atoms with Crippen LogP contribution in [0.5, 0.6) is 5.75 Å². The minimum atomic E-state index is -3.72.